The molecule has 0 unspecified atom stereocenters. The number of aromatic nitrogens is 1. The molecular formula is C23H23N3O. The van der Waals surface area contributed by atoms with Gasteiger partial charge in [0.25, 0.3) is 0 Å². The number of piperidine rings is 1. The van der Waals surface area contributed by atoms with Gasteiger partial charge in [0.1, 0.15) is 11.9 Å². The Morgan fingerprint density at radius 1 is 1.11 bits per heavy atom. The van der Waals surface area contributed by atoms with Crippen LogP contribution >= 0.6 is 0 Å². The Bertz CT molecular complexity index is 970. The molecule has 136 valence electrons. The van der Waals surface area contributed by atoms with Crippen molar-refractivity contribution in [2.45, 2.75) is 32.4 Å². The van der Waals surface area contributed by atoms with Crippen LogP contribution in [-0.2, 0) is 6.54 Å². The second-order valence-electron chi connectivity index (χ2n) is 7.18. The highest BCUT2D eigenvalue weighted by Gasteiger charge is 2.21. The average molecular weight is 357 g/mol. The predicted molar refractivity (Wildman–Crippen MR) is 107 cm³/mol. The molecular weight excluding hydrogens is 334 g/mol. The first-order valence-corrected chi connectivity index (χ1v) is 9.46. The number of ether oxygens (including phenoxy) is 1. The lowest BCUT2D eigenvalue weighted by Gasteiger charge is -2.32. The van der Waals surface area contributed by atoms with E-state index in [0.717, 1.165) is 54.8 Å². The zero-order chi connectivity index (χ0) is 18.6. The molecule has 0 bridgehead atoms. The highest BCUT2D eigenvalue weighted by molar-refractivity contribution is 5.86. The van der Waals surface area contributed by atoms with Crippen molar-refractivity contribution in [3.05, 3.63) is 71.4 Å². The van der Waals surface area contributed by atoms with E-state index in [1.807, 2.05) is 25.1 Å². The summed E-state index contributed by atoms with van der Waals surface area (Å²) in [6.07, 6.45) is 2.22. The van der Waals surface area contributed by atoms with Gasteiger partial charge in [0.2, 0.25) is 0 Å². The van der Waals surface area contributed by atoms with Crippen LogP contribution in [0.3, 0.4) is 0 Å². The molecule has 0 spiro atoms. The van der Waals surface area contributed by atoms with Crippen molar-refractivity contribution in [1.29, 1.82) is 5.26 Å². The quantitative estimate of drug-likeness (QED) is 0.692. The number of pyridine rings is 1. The topological polar surface area (TPSA) is 49.1 Å². The molecule has 4 rings (SSSR count). The molecule has 27 heavy (non-hydrogen) atoms. The second-order valence-corrected chi connectivity index (χ2v) is 7.18. The summed E-state index contributed by atoms with van der Waals surface area (Å²) in [6, 6.07) is 20.4. The fraction of sp³-hybridized carbons (Fsp3) is 0.304. The maximum Gasteiger partial charge on any atom is 0.130 e. The fourth-order valence-corrected chi connectivity index (χ4v) is 3.69. The van der Waals surface area contributed by atoms with Crippen LogP contribution in [0.4, 0.5) is 0 Å². The van der Waals surface area contributed by atoms with Crippen LogP contribution in [-0.4, -0.2) is 29.1 Å². The van der Waals surface area contributed by atoms with E-state index < -0.39 is 0 Å². The molecule has 0 aliphatic carbocycles. The van der Waals surface area contributed by atoms with E-state index in [-0.39, 0.29) is 6.10 Å². The SMILES string of the molecule is Cc1cc(OC2CCN(Cc3ccccc3)CC2)c2cc(C#N)ccc2n1. The maximum atomic E-state index is 9.20. The van der Waals surface area contributed by atoms with Gasteiger partial charge < -0.3 is 4.74 Å². The molecule has 1 fully saturated rings. The number of nitrogens with zero attached hydrogens (tertiary/aromatic N) is 3. The minimum atomic E-state index is 0.202. The second kappa shape index (κ2) is 7.77. The first kappa shape index (κ1) is 17.5. The molecule has 1 aliphatic heterocycles. The summed E-state index contributed by atoms with van der Waals surface area (Å²) in [6.45, 7) is 5.04. The van der Waals surface area contributed by atoms with Gasteiger partial charge in [-0.25, -0.2) is 0 Å². The van der Waals surface area contributed by atoms with Gasteiger partial charge in [0.15, 0.2) is 0 Å². The van der Waals surface area contributed by atoms with Crippen LogP contribution in [0.1, 0.15) is 29.7 Å². The molecule has 4 nitrogen and oxygen atoms in total. The summed E-state index contributed by atoms with van der Waals surface area (Å²) < 4.78 is 6.37. The fourth-order valence-electron chi connectivity index (χ4n) is 3.69. The van der Waals surface area contributed by atoms with E-state index >= 15 is 0 Å². The van der Waals surface area contributed by atoms with Gasteiger partial charge in [-0.1, -0.05) is 30.3 Å². The van der Waals surface area contributed by atoms with Crippen LogP contribution in [0.15, 0.2) is 54.6 Å². The molecule has 0 amide bonds. The van der Waals surface area contributed by atoms with Crippen molar-refractivity contribution >= 4 is 10.9 Å². The Morgan fingerprint density at radius 3 is 2.63 bits per heavy atom. The van der Waals surface area contributed by atoms with Crippen molar-refractivity contribution < 1.29 is 4.74 Å². The zero-order valence-electron chi connectivity index (χ0n) is 15.6. The Balaban J connectivity index is 1.45. The molecule has 4 heteroatoms. The molecule has 0 atom stereocenters. The third kappa shape index (κ3) is 4.10. The standard InChI is InChI=1S/C23H23N3O/c1-17-13-23(21-14-19(15-24)7-8-22(21)25-17)27-20-9-11-26(12-10-20)16-18-5-3-2-4-6-18/h2-8,13-14,20H,9-12,16H2,1H3. The van der Waals surface area contributed by atoms with Gasteiger partial charge in [0.05, 0.1) is 17.1 Å². The zero-order valence-corrected chi connectivity index (χ0v) is 15.6. The first-order valence-electron chi connectivity index (χ1n) is 9.46. The highest BCUT2D eigenvalue weighted by Crippen LogP contribution is 2.29. The van der Waals surface area contributed by atoms with Crippen molar-refractivity contribution in [1.82, 2.24) is 9.88 Å². The van der Waals surface area contributed by atoms with E-state index in [1.54, 1.807) is 6.07 Å². The predicted octanol–water partition coefficient (Wildman–Crippen LogP) is 4.46. The number of likely N-dealkylation sites (tertiary alicyclic amines) is 1. The van der Waals surface area contributed by atoms with Gasteiger partial charge in [-0.15, -0.1) is 0 Å². The van der Waals surface area contributed by atoms with Gasteiger partial charge in [-0.3, -0.25) is 9.88 Å². The minimum Gasteiger partial charge on any atom is -0.490 e. The van der Waals surface area contributed by atoms with Crippen molar-refractivity contribution in [3.8, 4) is 11.8 Å². The van der Waals surface area contributed by atoms with Gasteiger partial charge in [-0.05, 0) is 43.5 Å². The highest BCUT2D eigenvalue weighted by atomic mass is 16.5. The summed E-state index contributed by atoms with van der Waals surface area (Å²) in [5.74, 6) is 0.844. The minimum absolute atomic E-state index is 0.202. The van der Waals surface area contributed by atoms with Crippen LogP contribution in [0.2, 0.25) is 0 Å². The van der Waals surface area contributed by atoms with E-state index in [9.17, 15) is 5.26 Å². The van der Waals surface area contributed by atoms with E-state index in [4.69, 9.17) is 4.74 Å². The molecule has 0 radical (unpaired) electrons. The van der Waals surface area contributed by atoms with E-state index in [2.05, 4.69) is 46.3 Å². The van der Waals surface area contributed by atoms with Crippen molar-refractivity contribution in [2.24, 2.45) is 0 Å². The molecule has 2 aromatic carbocycles. The Hall–Kier alpha value is -2.90. The molecule has 1 aliphatic rings. The van der Waals surface area contributed by atoms with Gasteiger partial charge >= 0.3 is 0 Å². The van der Waals surface area contributed by atoms with Crippen molar-refractivity contribution in [2.75, 3.05) is 13.1 Å². The summed E-state index contributed by atoms with van der Waals surface area (Å²) in [4.78, 5) is 7.05. The average Bonchev–Trinajstić information content (AvgIpc) is 2.70. The first-order chi connectivity index (χ1) is 13.2. The van der Waals surface area contributed by atoms with Crippen molar-refractivity contribution in [3.63, 3.8) is 0 Å². The summed E-state index contributed by atoms with van der Waals surface area (Å²) in [5.41, 5.74) is 3.81. The maximum absolute atomic E-state index is 9.20. The monoisotopic (exact) mass is 357 g/mol. The molecule has 2 heterocycles. The number of benzene rings is 2. The normalized spacial score (nSPS) is 15.6. The number of hydrogen-bond acceptors (Lipinski definition) is 4. The molecule has 0 saturated carbocycles. The number of fused-ring (bicyclic) bond motifs is 1. The Morgan fingerprint density at radius 2 is 1.89 bits per heavy atom. The van der Waals surface area contributed by atoms with Gasteiger partial charge in [0, 0.05) is 36.8 Å². The third-order valence-electron chi connectivity index (χ3n) is 5.11. The molecule has 0 N–H and O–H groups in total. The Labute approximate surface area is 160 Å². The summed E-state index contributed by atoms with van der Waals surface area (Å²) >= 11 is 0. The molecule has 1 aromatic heterocycles. The lowest BCUT2D eigenvalue weighted by molar-refractivity contribution is 0.0979. The number of aryl methyl sites for hydroxylation is 1. The summed E-state index contributed by atoms with van der Waals surface area (Å²) in [7, 11) is 0. The molecule has 3 aromatic rings. The lowest BCUT2D eigenvalue weighted by Crippen LogP contribution is -2.37. The van der Waals surface area contributed by atoms with Crippen LogP contribution < -0.4 is 4.74 Å². The Kier molecular flexibility index (Phi) is 5.04. The largest absolute Gasteiger partial charge is 0.490 e. The number of hydrogen-bond donors (Lipinski definition) is 0. The van der Waals surface area contributed by atoms with E-state index in [1.165, 1.54) is 5.56 Å². The van der Waals surface area contributed by atoms with Crippen LogP contribution in [0.25, 0.3) is 10.9 Å². The summed E-state index contributed by atoms with van der Waals surface area (Å²) in [5, 5.41) is 10.1. The van der Waals surface area contributed by atoms with E-state index in [0.29, 0.717) is 5.56 Å². The smallest absolute Gasteiger partial charge is 0.130 e. The van der Waals surface area contributed by atoms with Gasteiger partial charge in [-0.2, -0.15) is 5.26 Å². The third-order valence-corrected chi connectivity index (χ3v) is 5.11. The lowest BCUT2D eigenvalue weighted by atomic mass is 10.1. The number of rotatable bonds is 4. The van der Waals surface area contributed by atoms with Crippen LogP contribution in [0.5, 0.6) is 5.75 Å². The number of nitriles is 1. The molecule has 1 saturated heterocycles. The van der Waals surface area contributed by atoms with Crippen LogP contribution in [0, 0.1) is 18.3 Å².